The number of guanidine groups is 1. The average Bonchev–Trinajstić information content (AvgIpc) is 2.68. The third-order valence-corrected chi connectivity index (χ3v) is 6.27. The minimum absolute atomic E-state index is 0. The van der Waals surface area contributed by atoms with Crippen LogP contribution in [-0.4, -0.2) is 69.9 Å². The molecule has 0 amide bonds. The van der Waals surface area contributed by atoms with E-state index in [2.05, 4.69) is 34.7 Å². The Balaban J connectivity index is 0.00000392. The quantitative estimate of drug-likeness (QED) is 0.293. The zero-order valence-electron chi connectivity index (χ0n) is 16.8. The topological polar surface area (TPSA) is 83.0 Å². The molecule has 1 aromatic carbocycles. The lowest BCUT2D eigenvalue weighted by molar-refractivity contribution is 0.0731. The Hall–Kier alpha value is -0.910. The average molecular weight is 524 g/mol. The molecule has 1 aromatic rings. The van der Waals surface area contributed by atoms with E-state index in [1.165, 1.54) is 9.87 Å². The maximum absolute atomic E-state index is 12.4. The summed E-state index contributed by atoms with van der Waals surface area (Å²) in [4.78, 5) is 4.45. The van der Waals surface area contributed by atoms with Crippen molar-refractivity contribution in [2.75, 3.05) is 45.1 Å². The van der Waals surface area contributed by atoms with Crippen LogP contribution in [-0.2, 0) is 21.2 Å². The van der Waals surface area contributed by atoms with E-state index in [1.54, 1.807) is 0 Å². The largest absolute Gasteiger partial charge is 0.379 e. The van der Waals surface area contributed by atoms with Crippen LogP contribution in [0.5, 0.6) is 0 Å². The van der Waals surface area contributed by atoms with Gasteiger partial charge in [0, 0.05) is 25.7 Å². The Morgan fingerprint density at radius 3 is 2.57 bits per heavy atom. The maximum Gasteiger partial charge on any atom is 0.216 e. The first-order chi connectivity index (χ1) is 13.0. The molecule has 1 saturated heterocycles. The number of nitrogens with one attached hydrogen (secondary N) is 2. The fourth-order valence-electron chi connectivity index (χ4n) is 2.88. The van der Waals surface area contributed by atoms with E-state index in [1.807, 2.05) is 25.1 Å². The lowest BCUT2D eigenvalue weighted by Gasteiger charge is -2.25. The number of aliphatic imine (C=N–C) groups is 1. The number of nitrogens with zero attached hydrogens (tertiary/aromatic N) is 2. The molecule has 1 fully saturated rings. The maximum atomic E-state index is 12.4. The molecule has 1 aliphatic rings. The van der Waals surface area contributed by atoms with Crippen LogP contribution in [0.1, 0.15) is 25.8 Å². The molecule has 2 N–H and O–H groups in total. The van der Waals surface area contributed by atoms with Crippen molar-refractivity contribution in [2.45, 2.75) is 32.7 Å². The van der Waals surface area contributed by atoms with Gasteiger partial charge in [0.25, 0.3) is 0 Å². The lowest BCUT2D eigenvalue weighted by atomic mass is 10.1. The molecule has 0 radical (unpaired) electrons. The molecule has 1 heterocycles. The smallest absolute Gasteiger partial charge is 0.216 e. The lowest BCUT2D eigenvalue weighted by Crippen LogP contribution is -2.44. The van der Waals surface area contributed by atoms with Gasteiger partial charge in [0.05, 0.1) is 25.5 Å². The van der Waals surface area contributed by atoms with Gasteiger partial charge in [-0.25, -0.2) is 8.42 Å². The van der Waals surface area contributed by atoms with Crippen molar-refractivity contribution in [2.24, 2.45) is 4.99 Å². The molecule has 7 nitrogen and oxygen atoms in total. The molecule has 0 saturated carbocycles. The molecule has 1 unspecified atom stereocenters. The number of benzene rings is 1. The second kappa shape index (κ2) is 13.3. The van der Waals surface area contributed by atoms with E-state index in [-0.39, 0.29) is 42.3 Å². The van der Waals surface area contributed by atoms with Gasteiger partial charge in [-0.3, -0.25) is 4.99 Å². The second-order valence-electron chi connectivity index (χ2n) is 6.66. The highest BCUT2D eigenvalue weighted by Crippen LogP contribution is 2.06. The monoisotopic (exact) mass is 524 g/mol. The first-order valence-corrected chi connectivity index (χ1v) is 11.3. The summed E-state index contributed by atoms with van der Waals surface area (Å²) >= 11 is 0. The van der Waals surface area contributed by atoms with E-state index in [4.69, 9.17) is 4.74 Å². The van der Waals surface area contributed by atoms with Crippen LogP contribution in [0.25, 0.3) is 0 Å². The van der Waals surface area contributed by atoms with Gasteiger partial charge in [-0.15, -0.1) is 24.0 Å². The van der Waals surface area contributed by atoms with Gasteiger partial charge >= 0.3 is 0 Å². The van der Waals surface area contributed by atoms with E-state index in [0.29, 0.717) is 32.3 Å². The summed E-state index contributed by atoms with van der Waals surface area (Å²) in [6.07, 6.45) is 1.96. The van der Waals surface area contributed by atoms with Crippen LogP contribution in [0.2, 0.25) is 0 Å². The van der Waals surface area contributed by atoms with Crippen LogP contribution in [0.15, 0.2) is 35.3 Å². The van der Waals surface area contributed by atoms with Crippen LogP contribution in [0.3, 0.4) is 0 Å². The molecule has 0 bridgehead atoms. The predicted molar refractivity (Wildman–Crippen MR) is 125 cm³/mol. The predicted octanol–water partition coefficient (Wildman–Crippen LogP) is 1.84. The molecule has 1 atom stereocenters. The van der Waals surface area contributed by atoms with Gasteiger partial charge in [0.15, 0.2) is 5.96 Å². The fourth-order valence-corrected chi connectivity index (χ4v) is 4.17. The SMILES string of the molecule is CCNC(=NCCS(=O)(=O)N1CCOCC1)NC(C)CCc1ccccc1.I. The normalized spacial score (nSPS) is 16.9. The molecule has 0 aromatic heterocycles. The third kappa shape index (κ3) is 9.06. The van der Waals surface area contributed by atoms with Crippen molar-refractivity contribution in [3.63, 3.8) is 0 Å². The van der Waals surface area contributed by atoms with Crippen LogP contribution in [0.4, 0.5) is 0 Å². The summed E-state index contributed by atoms with van der Waals surface area (Å²) in [6.45, 7) is 6.86. The molecule has 2 rings (SSSR count). The van der Waals surface area contributed by atoms with Crippen LogP contribution >= 0.6 is 24.0 Å². The van der Waals surface area contributed by atoms with Crippen molar-refractivity contribution in [1.29, 1.82) is 0 Å². The van der Waals surface area contributed by atoms with Crippen molar-refractivity contribution >= 4 is 40.0 Å². The number of hydrogen-bond donors (Lipinski definition) is 2. The molecule has 9 heteroatoms. The van der Waals surface area contributed by atoms with Crippen molar-refractivity contribution < 1.29 is 13.2 Å². The van der Waals surface area contributed by atoms with Crippen LogP contribution in [0, 0.1) is 0 Å². The van der Waals surface area contributed by atoms with E-state index >= 15 is 0 Å². The molecular formula is C19H33IN4O3S. The first kappa shape index (κ1) is 25.1. The Labute approximate surface area is 186 Å². The third-order valence-electron chi connectivity index (χ3n) is 4.42. The van der Waals surface area contributed by atoms with Crippen molar-refractivity contribution in [3.8, 4) is 0 Å². The zero-order valence-corrected chi connectivity index (χ0v) is 19.9. The van der Waals surface area contributed by atoms with E-state index in [9.17, 15) is 8.42 Å². The second-order valence-corrected chi connectivity index (χ2v) is 8.75. The highest BCUT2D eigenvalue weighted by atomic mass is 127. The Bertz CT molecular complexity index is 680. The molecule has 160 valence electrons. The molecule has 0 aliphatic carbocycles. The Morgan fingerprint density at radius 2 is 1.93 bits per heavy atom. The minimum atomic E-state index is -3.28. The number of hydrogen-bond acceptors (Lipinski definition) is 4. The van der Waals surface area contributed by atoms with Crippen LogP contribution < -0.4 is 10.6 Å². The summed E-state index contributed by atoms with van der Waals surface area (Å²) in [5.74, 6) is 0.678. The number of morpholine rings is 1. The highest BCUT2D eigenvalue weighted by Gasteiger charge is 2.23. The first-order valence-electron chi connectivity index (χ1n) is 9.65. The Morgan fingerprint density at radius 1 is 1.25 bits per heavy atom. The number of aryl methyl sites for hydroxylation is 1. The number of sulfonamides is 1. The fraction of sp³-hybridized carbons (Fsp3) is 0.632. The van der Waals surface area contributed by atoms with Gasteiger partial charge in [-0.05, 0) is 32.3 Å². The number of halogens is 1. The summed E-state index contributed by atoms with van der Waals surface area (Å²) in [5, 5.41) is 6.55. The highest BCUT2D eigenvalue weighted by molar-refractivity contribution is 14.0. The van der Waals surface area contributed by atoms with Crippen molar-refractivity contribution in [3.05, 3.63) is 35.9 Å². The summed E-state index contributed by atoms with van der Waals surface area (Å²) in [6, 6.07) is 10.6. The molecule has 1 aliphatic heterocycles. The van der Waals surface area contributed by atoms with E-state index < -0.39 is 10.0 Å². The Kier molecular flexibility index (Phi) is 12.0. The molecule has 0 spiro atoms. The minimum Gasteiger partial charge on any atom is -0.379 e. The van der Waals surface area contributed by atoms with Gasteiger partial charge < -0.3 is 15.4 Å². The van der Waals surface area contributed by atoms with Gasteiger partial charge in [-0.1, -0.05) is 30.3 Å². The summed E-state index contributed by atoms with van der Waals surface area (Å²) in [5.41, 5.74) is 1.31. The van der Waals surface area contributed by atoms with Crippen molar-refractivity contribution in [1.82, 2.24) is 14.9 Å². The van der Waals surface area contributed by atoms with Gasteiger partial charge in [-0.2, -0.15) is 4.31 Å². The van der Waals surface area contributed by atoms with E-state index in [0.717, 1.165) is 19.4 Å². The van der Waals surface area contributed by atoms with Gasteiger partial charge in [0.1, 0.15) is 0 Å². The summed E-state index contributed by atoms with van der Waals surface area (Å²) in [7, 11) is -3.28. The number of ether oxygens (including phenoxy) is 1. The molecular weight excluding hydrogens is 491 g/mol. The molecule has 28 heavy (non-hydrogen) atoms. The summed E-state index contributed by atoms with van der Waals surface area (Å²) < 4.78 is 31.4. The number of rotatable bonds is 9. The standard InChI is InChI=1S/C19H32N4O3S.HI/c1-3-20-19(22-17(2)9-10-18-7-5-4-6-8-18)21-11-16-27(24,25)23-12-14-26-15-13-23;/h4-8,17H,3,9-16H2,1-2H3,(H2,20,21,22);1H. The van der Waals surface area contributed by atoms with Gasteiger partial charge in [0.2, 0.25) is 10.0 Å². The zero-order chi connectivity index (χ0) is 19.5.